The van der Waals surface area contributed by atoms with Gasteiger partial charge in [-0.15, -0.1) is 0 Å². The summed E-state index contributed by atoms with van der Waals surface area (Å²) in [5.74, 6) is 1.18. The van der Waals surface area contributed by atoms with Crippen molar-refractivity contribution >= 4 is 24.0 Å². The Hall–Kier alpha value is -5.93. The molecule has 53 heavy (non-hydrogen) atoms. The van der Waals surface area contributed by atoms with Crippen LogP contribution >= 0.6 is 0 Å². The third-order valence-electron chi connectivity index (χ3n) is 10.2. The van der Waals surface area contributed by atoms with Gasteiger partial charge in [0, 0.05) is 16.6 Å². The third kappa shape index (κ3) is 9.30. The van der Waals surface area contributed by atoms with Crippen LogP contribution in [0.5, 0.6) is 0 Å². The van der Waals surface area contributed by atoms with E-state index in [0.29, 0.717) is 18.2 Å². The molecule has 264 valence electrons. The quantitative estimate of drug-likeness (QED) is 0.0853. The Morgan fingerprint density at radius 1 is 0.660 bits per heavy atom. The fraction of sp³-hybridized carbons (Fsp3) is 0.180. The molecule has 6 rings (SSSR count). The van der Waals surface area contributed by atoms with Crippen molar-refractivity contribution in [3.8, 4) is 22.3 Å². The summed E-state index contributed by atoms with van der Waals surface area (Å²) in [5, 5.41) is 0. The number of hydrogen-bond acceptors (Lipinski definition) is 1. The van der Waals surface area contributed by atoms with Crippen LogP contribution in [-0.2, 0) is 5.41 Å². The molecule has 0 saturated carbocycles. The van der Waals surface area contributed by atoms with E-state index < -0.39 is 0 Å². The molecule has 2 aliphatic carbocycles. The minimum Gasteiger partial charge on any atom is -0.261 e. The Morgan fingerprint density at radius 3 is 1.83 bits per heavy atom. The predicted octanol–water partition coefficient (Wildman–Crippen LogP) is 12.9. The molecule has 0 spiro atoms. The highest BCUT2D eigenvalue weighted by molar-refractivity contribution is 6.13. The van der Waals surface area contributed by atoms with Gasteiger partial charge in [-0.3, -0.25) is 4.99 Å². The second kappa shape index (κ2) is 17.5. The second-order valence-corrected chi connectivity index (χ2v) is 14.0. The number of amidine groups is 2. The molecule has 0 fully saturated rings. The minimum atomic E-state index is -0.165. The van der Waals surface area contributed by atoms with Gasteiger partial charge < -0.3 is 0 Å². The van der Waals surface area contributed by atoms with E-state index >= 15 is 0 Å². The van der Waals surface area contributed by atoms with Crippen molar-refractivity contribution in [1.29, 1.82) is 0 Å². The van der Waals surface area contributed by atoms with Crippen LogP contribution in [0.4, 0.5) is 0 Å². The van der Waals surface area contributed by atoms with Crippen molar-refractivity contribution in [1.82, 2.24) is 0 Å². The van der Waals surface area contributed by atoms with E-state index in [9.17, 15) is 0 Å². The van der Waals surface area contributed by atoms with Gasteiger partial charge in [0.1, 0.15) is 0 Å². The van der Waals surface area contributed by atoms with Crippen molar-refractivity contribution < 1.29 is 0 Å². The number of rotatable bonds is 11. The van der Waals surface area contributed by atoms with Crippen molar-refractivity contribution in [2.75, 3.05) is 6.54 Å². The van der Waals surface area contributed by atoms with E-state index in [-0.39, 0.29) is 5.41 Å². The SMILES string of the molecule is C=C/C(=C\C=C(/C)C(C)(C)c1ccc(-c2ccc(C3=CCCC=C3)cc2)cc1)C/N=C(\N=C(/N=C)c1ccc(-c2ccccc2)cc1)C1=CCCC=C1. The number of aliphatic imine (C=N–C) groups is 3. The van der Waals surface area contributed by atoms with Crippen LogP contribution in [-0.4, -0.2) is 24.9 Å². The molecule has 4 aromatic carbocycles. The van der Waals surface area contributed by atoms with Crippen LogP contribution in [0.1, 0.15) is 63.1 Å². The average molecular weight is 692 g/mol. The number of allylic oxidation sites excluding steroid dienone is 9. The molecular weight excluding hydrogens is 643 g/mol. The van der Waals surface area contributed by atoms with E-state index in [4.69, 9.17) is 9.98 Å². The average Bonchev–Trinajstić information content (AvgIpc) is 3.23. The molecule has 0 saturated heterocycles. The molecule has 2 aliphatic rings. The Balaban J connectivity index is 1.18. The zero-order valence-electron chi connectivity index (χ0n) is 31.3. The monoisotopic (exact) mass is 691 g/mol. The molecule has 0 N–H and O–H groups in total. The molecule has 0 bridgehead atoms. The summed E-state index contributed by atoms with van der Waals surface area (Å²) < 4.78 is 0. The fourth-order valence-electron chi connectivity index (χ4n) is 6.49. The standard InChI is InChI=1S/C50H49N3/c1-6-38(23-22-37(2)50(3,4)47-34-32-44(33-35-47)43-26-24-41(25-27-43)39-16-10-7-11-17-39)36-52-49(45-20-14-9-15-21-45)53-48(51-5)46-30-28-42(29-31-46)40-18-12-8-13-19-40/h6,8,10,12-14,16-35H,1,5,7,9,11,15,36H2,2-4H3/b37-22+,38-23+,52-49-,53-48-. The van der Waals surface area contributed by atoms with E-state index in [0.717, 1.165) is 48.0 Å². The topological polar surface area (TPSA) is 37.1 Å². The third-order valence-corrected chi connectivity index (χ3v) is 10.2. The first-order valence-corrected chi connectivity index (χ1v) is 18.6. The first kappa shape index (κ1) is 36.8. The maximum absolute atomic E-state index is 5.01. The minimum absolute atomic E-state index is 0.165. The van der Waals surface area contributed by atoms with Crippen LogP contribution < -0.4 is 0 Å². The van der Waals surface area contributed by atoms with E-state index in [1.54, 1.807) is 0 Å². The van der Waals surface area contributed by atoms with Gasteiger partial charge in [0.05, 0.1) is 6.54 Å². The molecule has 0 aromatic heterocycles. The Labute approximate surface area is 316 Å². The van der Waals surface area contributed by atoms with Crippen LogP contribution in [0, 0.1) is 0 Å². The molecular formula is C50H49N3. The molecule has 0 aliphatic heterocycles. The summed E-state index contributed by atoms with van der Waals surface area (Å²) in [7, 11) is 0. The maximum atomic E-state index is 5.01. The van der Waals surface area contributed by atoms with Gasteiger partial charge in [-0.05, 0) is 83.9 Å². The van der Waals surface area contributed by atoms with Gasteiger partial charge in [0.25, 0.3) is 0 Å². The van der Waals surface area contributed by atoms with Gasteiger partial charge in [-0.1, -0.05) is 184 Å². The zero-order valence-corrected chi connectivity index (χ0v) is 31.3. The Morgan fingerprint density at radius 2 is 1.25 bits per heavy atom. The van der Waals surface area contributed by atoms with Crippen LogP contribution in [0.2, 0.25) is 0 Å². The molecule has 0 atom stereocenters. The molecule has 0 unspecified atom stereocenters. The highest BCUT2D eigenvalue weighted by Gasteiger charge is 2.22. The highest BCUT2D eigenvalue weighted by Crippen LogP contribution is 2.33. The van der Waals surface area contributed by atoms with Crippen molar-refractivity contribution in [3.05, 3.63) is 198 Å². The first-order valence-electron chi connectivity index (χ1n) is 18.6. The predicted molar refractivity (Wildman–Crippen MR) is 230 cm³/mol. The smallest absolute Gasteiger partial charge is 0.161 e. The summed E-state index contributed by atoms with van der Waals surface area (Å²) in [5.41, 5.74) is 12.6. The summed E-state index contributed by atoms with van der Waals surface area (Å²) in [4.78, 5) is 14.3. The number of nitrogens with zero attached hydrogens (tertiary/aromatic N) is 3. The van der Waals surface area contributed by atoms with E-state index in [2.05, 4.69) is 160 Å². The molecule has 3 nitrogen and oxygen atoms in total. The second-order valence-electron chi connectivity index (χ2n) is 14.0. The van der Waals surface area contributed by atoms with Gasteiger partial charge >= 0.3 is 0 Å². The number of hydrogen-bond donors (Lipinski definition) is 0. The van der Waals surface area contributed by atoms with Crippen LogP contribution in [0.25, 0.3) is 27.8 Å². The summed E-state index contributed by atoms with van der Waals surface area (Å²) in [6.07, 6.45) is 23.7. The lowest BCUT2D eigenvalue weighted by atomic mass is 9.77. The molecule has 3 heteroatoms. The van der Waals surface area contributed by atoms with E-state index in [1.807, 2.05) is 36.4 Å². The van der Waals surface area contributed by atoms with Crippen LogP contribution in [0.3, 0.4) is 0 Å². The Bertz CT molecular complexity index is 2160. The molecule has 0 heterocycles. The molecule has 0 amide bonds. The van der Waals surface area contributed by atoms with Crippen molar-refractivity contribution in [3.63, 3.8) is 0 Å². The fourth-order valence-corrected chi connectivity index (χ4v) is 6.49. The van der Waals surface area contributed by atoms with Gasteiger partial charge in [-0.2, -0.15) is 0 Å². The summed E-state index contributed by atoms with van der Waals surface area (Å²) in [6.45, 7) is 15.2. The van der Waals surface area contributed by atoms with Gasteiger partial charge in [0.15, 0.2) is 11.7 Å². The van der Waals surface area contributed by atoms with Crippen molar-refractivity contribution in [2.24, 2.45) is 15.0 Å². The lowest BCUT2D eigenvalue weighted by Gasteiger charge is -2.27. The number of benzene rings is 4. The van der Waals surface area contributed by atoms with Gasteiger partial charge in [-0.25, -0.2) is 9.98 Å². The van der Waals surface area contributed by atoms with Gasteiger partial charge in [0.2, 0.25) is 0 Å². The molecule has 0 radical (unpaired) electrons. The highest BCUT2D eigenvalue weighted by atomic mass is 15.0. The van der Waals surface area contributed by atoms with Crippen molar-refractivity contribution in [2.45, 2.75) is 51.9 Å². The van der Waals surface area contributed by atoms with Crippen LogP contribution in [0.15, 0.2) is 196 Å². The van der Waals surface area contributed by atoms with E-state index in [1.165, 1.54) is 39.0 Å². The first-order chi connectivity index (χ1) is 25.9. The normalized spacial score (nSPS) is 15.5. The lowest BCUT2D eigenvalue weighted by molar-refractivity contribution is 0.623. The maximum Gasteiger partial charge on any atom is 0.161 e. The largest absolute Gasteiger partial charge is 0.261 e. The zero-order chi connectivity index (χ0) is 37.0. The molecule has 4 aromatic rings. The summed E-state index contributed by atoms with van der Waals surface area (Å²) >= 11 is 0. The Kier molecular flexibility index (Phi) is 12.2. The lowest BCUT2D eigenvalue weighted by Crippen LogP contribution is -2.18. The summed E-state index contributed by atoms with van der Waals surface area (Å²) in [6, 6.07) is 36.5.